The summed E-state index contributed by atoms with van der Waals surface area (Å²) in [6, 6.07) is 10.7. The molecule has 1 N–H and O–H groups in total. The Morgan fingerprint density at radius 3 is 2.83 bits per heavy atom. The number of pyridine rings is 1. The van der Waals surface area contributed by atoms with E-state index in [0.29, 0.717) is 17.2 Å². The first-order valence-corrected chi connectivity index (χ1v) is 7.79. The van der Waals surface area contributed by atoms with Gasteiger partial charge < -0.3 is 10.1 Å². The number of thiazole rings is 1. The van der Waals surface area contributed by atoms with Gasteiger partial charge in [0.05, 0.1) is 11.2 Å². The highest BCUT2D eigenvalue weighted by atomic mass is 32.1. The van der Waals surface area contributed by atoms with Crippen LogP contribution in [0, 0.1) is 0 Å². The smallest absolute Gasteiger partial charge is 0.248 e. The predicted molar refractivity (Wildman–Crippen MR) is 90.5 cm³/mol. The molecule has 5 nitrogen and oxygen atoms in total. The van der Waals surface area contributed by atoms with Crippen LogP contribution in [0.4, 0.5) is 5.69 Å². The van der Waals surface area contributed by atoms with Gasteiger partial charge in [0.25, 0.3) is 0 Å². The molecule has 0 fully saturated rings. The zero-order chi connectivity index (χ0) is 15.9. The normalized spacial score (nSPS) is 10.6. The van der Waals surface area contributed by atoms with Gasteiger partial charge in [0, 0.05) is 35.6 Å². The molecule has 0 aliphatic rings. The van der Waals surface area contributed by atoms with Crippen LogP contribution < -0.4 is 10.1 Å². The van der Waals surface area contributed by atoms with Crippen LogP contribution in [0.5, 0.6) is 11.5 Å². The van der Waals surface area contributed by atoms with Crippen molar-refractivity contribution in [2.75, 3.05) is 5.32 Å². The number of amides is 1. The van der Waals surface area contributed by atoms with Gasteiger partial charge in [-0.2, -0.15) is 0 Å². The summed E-state index contributed by atoms with van der Waals surface area (Å²) < 4.78 is 5.70. The molecule has 0 atom stereocenters. The summed E-state index contributed by atoms with van der Waals surface area (Å²) in [5.74, 6) is 1.10. The van der Waals surface area contributed by atoms with E-state index >= 15 is 0 Å². The molecule has 0 bridgehead atoms. The van der Waals surface area contributed by atoms with Crippen molar-refractivity contribution in [3.8, 4) is 11.5 Å². The lowest BCUT2D eigenvalue weighted by Gasteiger charge is -2.07. The van der Waals surface area contributed by atoms with Crippen LogP contribution in [-0.2, 0) is 4.79 Å². The van der Waals surface area contributed by atoms with E-state index in [1.165, 1.54) is 17.4 Å². The molecule has 0 radical (unpaired) electrons. The summed E-state index contributed by atoms with van der Waals surface area (Å²) in [6.07, 6.45) is 6.43. The molecule has 23 heavy (non-hydrogen) atoms. The number of benzene rings is 1. The summed E-state index contributed by atoms with van der Waals surface area (Å²) in [6.45, 7) is 0. The molecule has 0 spiro atoms. The van der Waals surface area contributed by atoms with E-state index in [2.05, 4.69) is 15.3 Å². The van der Waals surface area contributed by atoms with Gasteiger partial charge in [-0.25, -0.2) is 4.98 Å². The lowest BCUT2D eigenvalue weighted by Crippen LogP contribution is -2.07. The zero-order valence-corrected chi connectivity index (χ0v) is 12.9. The van der Waals surface area contributed by atoms with E-state index in [1.807, 2.05) is 17.5 Å². The second-order valence-electron chi connectivity index (χ2n) is 4.55. The van der Waals surface area contributed by atoms with E-state index in [0.717, 1.165) is 5.69 Å². The van der Waals surface area contributed by atoms with Gasteiger partial charge in [0.2, 0.25) is 5.91 Å². The Morgan fingerprint density at radius 1 is 1.17 bits per heavy atom. The number of carbonyl (C=O) groups excluding carboxylic acids is 1. The number of nitrogens with zero attached hydrogens (tertiary/aromatic N) is 2. The van der Waals surface area contributed by atoms with Crippen molar-refractivity contribution >= 4 is 29.0 Å². The van der Waals surface area contributed by atoms with Crippen LogP contribution >= 0.6 is 11.3 Å². The molecule has 0 aliphatic carbocycles. The molecule has 0 saturated heterocycles. The molecule has 2 aromatic heterocycles. The van der Waals surface area contributed by atoms with Gasteiger partial charge in [0.15, 0.2) is 0 Å². The number of ether oxygens (including phenoxy) is 1. The number of carbonyl (C=O) groups is 1. The highest BCUT2D eigenvalue weighted by molar-refractivity contribution is 7.07. The summed E-state index contributed by atoms with van der Waals surface area (Å²) in [5.41, 5.74) is 3.14. The standard InChI is InChI=1S/C17H13N3O2S/c21-17(5-4-14-11-23-12-19-14)20-13-2-1-3-16(10-13)22-15-6-8-18-9-7-15/h1-12H,(H,20,21)/b5-4+. The topological polar surface area (TPSA) is 64.1 Å². The second-order valence-corrected chi connectivity index (χ2v) is 5.27. The molecular weight excluding hydrogens is 310 g/mol. The van der Waals surface area contributed by atoms with E-state index in [1.54, 1.807) is 48.2 Å². The molecule has 2 heterocycles. The minimum absolute atomic E-state index is 0.223. The van der Waals surface area contributed by atoms with E-state index in [4.69, 9.17) is 4.74 Å². The number of aromatic nitrogens is 2. The monoisotopic (exact) mass is 323 g/mol. The van der Waals surface area contributed by atoms with Crippen LogP contribution in [-0.4, -0.2) is 15.9 Å². The van der Waals surface area contributed by atoms with E-state index < -0.39 is 0 Å². The van der Waals surface area contributed by atoms with Crippen LogP contribution in [0.15, 0.2) is 65.8 Å². The predicted octanol–water partition coefficient (Wildman–Crippen LogP) is 3.98. The van der Waals surface area contributed by atoms with Gasteiger partial charge in [-0.15, -0.1) is 11.3 Å². The van der Waals surface area contributed by atoms with Crippen LogP contribution in [0.2, 0.25) is 0 Å². The Balaban J connectivity index is 1.64. The molecule has 114 valence electrons. The molecule has 3 aromatic rings. The Kier molecular flexibility index (Phi) is 4.76. The average molecular weight is 323 g/mol. The summed E-state index contributed by atoms with van der Waals surface area (Å²) in [7, 11) is 0. The third-order valence-corrected chi connectivity index (χ3v) is 3.45. The Hall–Kier alpha value is -2.99. The fourth-order valence-corrected chi connectivity index (χ4v) is 2.35. The van der Waals surface area contributed by atoms with Crippen molar-refractivity contribution < 1.29 is 9.53 Å². The maximum Gasteiger partial charge on any atom is 0.248 e. The van der Waals surface area contributed by atoms with Gasteiger partial charge in [0.1, 0.15) is 11.5 Å². The van der Waals surface area contributed by atoms with Crippen molar-refractivity contribution in [2.24, 2.45) is 0 Å². The number of hydrogen-bond donors (Lipinski definition) is 1. The first-order chi connectivity index (χ1) is 11.3. The number of nitrogens with one attached hydrogen (secondary N) is 1. The minimum atomic E-state index is -0.223. The minimum Gasteiger partial charge on any atom is -0.457 e. The van der Waals surface area contributed by atoms with Crippen molar-refractivity contribution in [1.29, 1.82) is 0 Å². The van der Waals surface area contributed by atoms with Crippen LogP contribution in [0.3, 0.4) is 0 Å². The lowest BCUT2D eigenvalue weighted by atomic mass is 10.3. The highest BCUT2D eigenvalue weighted by Crippen LogP contribution is 2.23. The van der Waals surface area contributed by atoms with E-state index in [9.17, 15) is 4.79 Å². The zero-order valence-electron chi connectivity index (χ0n) is 12.0. The largest absolute Gasteiger partial charge is 0.457 e. The number of rotatable bonds is 5. The third kappa shape index (κ3) is 4.49. The van der Waals surface area contributed by atoms with Gasteiger partial charge >= 0.3 is 0 Å². The Labute approximate surface area is 137 Å². The number of hydrogen-bond acceptors (Lipinski definition) is 5. The van der Waals surface area contributed by atoms with Gasteiger partial charge in [-0.1, -0.05) is 6.07 Å². The maximum absolute atomic E-state index is 11.9. The van der Waals surface area contributed by atoms with Crippen LogP contribution in [0.25, 0.3) is 6.08 Å². The van der Waals surface area contributed by atoms with Crippen molar-refractivity contribution in [1.82, 2.24) is 9.97 Å². The lowest BCUT2D eigenvalue weighted by molar-refractivity contribution is -0.111. The van der Waals surface area contributed by atoms with Crippen LogP contribution in [0.1, 0.15) is 5.69 Å². The Bertz CT molecular complexity index is 802. The fraction of sp³-hybridized carbons (Fsp3) is 0. The van der Waals surface area contributed by atoms with Gasteiger partial charge in [-0.05, 0) is 30.3 Å². The van der Waals surface area contributed by atoms with Crippen molar-refractivity contribution in [3.05, 3.63) is 71.5 Å². The number of anilines is 1. The first kappa shape index (κ1) is 14.9. The average Bonchev–Trinajstić information content (AvgIpc) is 3.08. The molecule has 0 aliphatic heterocycles. The molecule has 3 rings (SSSR count). The van der Waals surface area contributed by atoms with E-state index in [-0.39, 0.29) is 5.91 Å². The highest BCUT2D eigenvalue weighted by Gasteiger charge is 2.02. The maximum atomic E-state index is 11.9. The second kappa shape index (κ2) is 7.33. The van der Waals surface area contributed by atoms with Crippen molar-refractivity contribution in [3.63, 3.8) is 0 Å². The summed E-state index contributed by atoms with van der Waals surface area (Å²) in [4.78, 5) is 19.9. The molecule has 0 saturated carbocycles. The Morgan fingerprint density at radius 2 is 2.04 bits per heavy atom. The summed E-state index contributed by atoms with van der Waals surface area (Å²) in [5, 5.41) is 4.66. The summed E-state index contributed by atoms with van der Waals surface area (Å²) >= 11 is 1.48. The molecule has 6 heteroatoms. The first-order valence-electron chi connectivity index (χ1n) is 6.85. The fourth-order valence-electron chi connectivity index (χ4n) is 1.83. The molecule has 1 amide bonds. The third-order valence-electron chi connectivity index (χ3n) is 2.84. The molecular formula is C17H13N3O2S. The quantitative estimate of drug-likeness (QED) is 0.721. The SMILES string of the molecule is O=C(/C=C/c1cscn1)Nc1cccc(Oc2ccncc2)c1. The molecule has 1 aromatic carbocycles. The van der Waals surface area contributed by atoms with Crippen molar-refractivity contribution in [2.45, 2.75) is 0 Å². The molecule has 0 unspecified atom stereocenters. The van der Waals surface area contributed by atoms with Gasteiger partial charge in [-0.3, -0.25) is 9.78 Å².